The minimum absolute atomic E-state index is 0.146. The first-order chi connectivity index (χ1) is 11.8. The molecule has 0 amide bonds. The third kappa shape index (κ3) is 6.97. The quantitative estimate of drug-likeness (QED) is 0.617. The molecule has 3 nitrogen and oxygen atoms in total. The van der Waals surface area contributed by atoms with E-state index in [1.165, 1.54) is 5.56 Å². The van der Waals surface area contributed by atoms with Gasteiger partial charge in [0.25, 0.3) is 0 Å². The normalized spacial score (nSPS) is 10.8. The lowest BCUT2D eigenvalue weighted by Crippen LogP contribution is -2.32. The fourth-order valence-corrected chi connectivity index (χ4v) is 2.70. The van der Waals surface area contributed by atoms with E-state index >= 15 is 0 Å². The van der Waals surface area contributed by atoms with Crippen molar-refractivity contribution in [3.05, 3.63) is 71.8 Å². The van der Waals surface area contributed by atoms with Crippen molar-refractivity contribution in [2.24, 2.45) is 0 Å². The number of aryl methyl sites for hydroxylation is 1. The monoisotopic (exact) mass is 325 g/mol. The molecule has 0 aromatic heterocycles. The number of nitrogens with zero attached hydrogens (tertiary/aromatic N) is 1. The van der Waals surface area contributed by atoms with Gasteiger partial charge in [0, 0.05) is 0 Å². The molecule has 0 radical (unpaired) electrons. The lowest BCUT2D eigenvalue weighted by atomic mass is 10.1. The third-order valence-electron chi connectivity index (χ3n) is 3.92. The number of carbonyl (C=O) groups is 1. The minimum atomic E-state index is -0.146. The standard InChI is InChI=1S/C21H27NO2/c1-2-15-22(16-9-14-19-10-5-3-6-11-19)17-21(23)24-18-20-12-7-4-8-13-20/h3-8,10-13H,2,9,14-18H2,1H3. The van der Waals surface area contributed by atoms with Crippen LogP contribution in [0.4, 0.5) is 0 Å². The molecular weight excluding hydrogens is 298 g/mol. The summed E-state index contributed by atoms with van der Waals surface area (Å²) in [4.78, 5) is 14.3. The Kier molecular flexibility index (Phi) is 8.05. The zero-order valence-electron chi connectivity index (χ0n) is 14.5. The van der Waals surface area contributed by atoms with E-state index in [-0.39, 0.29) is 5.97 Å². The fraction of sp³-hybridized carbons (Fsp3) is 0.381. The Morgan fingerprint density at radius 2 is 1.54 bits per heavy atom. The summed E-state index contributed by atoms with van der Waals surface area (Å²) in [5.74, 6) is -0.146. The van der Waals surface area contributed by atoms with Crippen LogP contribution in [0, 0.1) is 0 Å². The molecule has 2 aromatic carbocycles. The van der Waals surface area contributed by atoms with Crippen LogP contribution in [0.3, 0.4) is 0 Å². The van der Waals surface area contributed by atoms with E-state index in [1.54, 1.807) is 0 Å². The topological polar surface area (TPSA) is 29.5 Å². The predicted octanol–water partition coefficient (Wildman–Crippen LogP) is 4.07. The van der Waals surface area contributed by atoms with Crippen molar-refractivity contribution in [1.29, 1.82) is 0 Å². The maximum Gasteiger partial charge on any atom is 0.320 e. The molecule has 0 atom stereocenters. The van der Waals surface area contributed by atoms with Crippen LogP contribution in [-0.4, -0.2) is 30.5 Å². The highest BCUT2D eigenvalue weighted by Crippen LogP contribution is 2.05. The Bertz CT molecular complexity index is 583. The third-order valence-corrected chi connectivity index (χ3v) is 3.92. The van der Waals surface area contributed by atoms with E-state index in [4.69, 9.17) is 4.74 Å². The fourth-order valence-electron chi connectivity index (χ4n) is 2.70. The molecule has 0 heterocycles. The van der Waals surface area contributed by atoms with Gasteiger partial charge in [0.05, 0.1) is 6.54 Å². The first-order valence-electron chi connectivity index (χ1n) is 8.73. The molecule has 0 spiro atoms. The molecule has 0 bridgehead atoms. The number of carbonyl (C=O) groups excluding carboxylic acids is 1. The van der Waals surface area contributed by atoms with E-state index in [2.05, 4.69) is 36.1 Å². The van der Waals surface area contributed by atoms with Crippen LogP contribution >= 0.6 is 0 Å². The van der Waals surface area contributed by atoms with Crippen molar-refractivity contribution in [2.45, 2.75) is 32.8 Å². The molecule has 0 N–H and O–H groups in total. The Morgan fingerprint density at radius 3 is 2.17 bits per heavy atom. The molecule has 2 aromatic rings. The molecule has 3 heteroatoms. The van der Waals surface area contributed by atoms with Crippen molar-refractivity contribution in [1.82, 2.24) is 4.90 Å². The summed E-state index contributed by atoms with van der Waals surface area (Å²) in [6, 6.07) is 20.3. The van der Waals surface area contributed by atoms with Crippen molar-refractivity contribution in [2.75, 3.05) is 19.6 Å². The number of benzene rings is 2. The first-order valence-corrected chi connectivity index (χ1v) is 8.73. The van der Waals surface area contributed by atoms with Crippen molar-refractivity contribution < 1.29 is 9.53 Å². The minimum Gasteiger partial charge on any atom is -0.460 e. The number of ether oxygens (including phenoxy) is 1. The van der Waals surface area contributed by atoms with E-state index in [0.29, 0.717) is 13.2 Å². The summed E-state index contributed by atoms with van der Waals surface area (Å²) in [7, 11) is 0. The molecule has 128 valence electrons. The van der Waals surface area contributed by atoms with Crippen LogP contribution in [0.25, 0.3) is 0 Å². The lowest BCUT2D eigenvalue weighted by Gasteiger charge is -2.20. The van der Waals surface area contributed by atoms with E-state index in [1.807, 2.05) is 36.4 Å². The summed E-state index contributed by atoms with van der Waals surface area (Å²) in [5, 5.41) is 0. The number of esters is 1. The largest absolute Gasteiger partial charge is 0.460 e. The van der Waals surface area contributed by atoms with Crippen molar-refractivity contribution in [3.8, 4) is 0 Å². The van der Waals surface area contributed by atoms with Crippen LogP contribution in [0.15, 0.2) is 60.7 Å². The molecule has 0 fully saturated rings. The van der Waals surface area contributed by atoms with Gasteiger partial charge in [-0.05, 0) is 43.5 Å². The first kappa shape index (κ1) is 18.2. The highest BCUT2D eigenvalue weighted by Gasteiger charge is 2.11. The van der Waals surface area contributed by atoms with Gasteiger partial charge < -0.3 is 4.74 Å². The van der Waals surface area contributed by atoms with Gasteiger partial charge in [-0.1, -0.05) is 67.6 Å². The molecule has 24 heavy (non-hydrogen) atoms. The maximum absolute atomic E-state index is 12.1. The van der Waals surface area contributed by atoms with Gasteiger partial charge in [-0.25, -0.2) is 0 Å². The molecular formula is C21H27NO2. The van der Waals surface area contributed by atoms with Crippen LogP contribution in [0.2, 0.25) is 0 Å². The lowest BCUT2D eigenvalue weighted by molar-refractivity contribution is -0.146. The van der Waals surface area contributed by atoms with Gasteiger partial charge in [0.2, 0.25) is 0 Å². The smallest absolute Gasteiger partial charge is 0.320 e. The van der Waals surface area contributed by atoms with Gasteiger partial charge in [-0.2, -0.15) is 0 Å². The van der Waals surface area contributed by atoms with Crippen LogP contribution in [0.1, 0.15) is 30.9 Å². The SMILES string of the molecule is CCCN(CCCc1ccccc1)CC(=O)OCc1ccccc1. The van der Waals surface area contributed by atoms with E-state index in [0.717, 1.165) is 37.9 Å². The number of hydrogen-bond acceptors (Lipinski definition) is 3. The average molecular weight is 325 g/mol. The summed E-state index contributed by atoms with van der Waals surface area (Å²) < 4.78 is 5.39. The maximum atomic E-state index is 12.1. The van der Waals surface area contributed by atoms with Crippen molar-refractivity contribution in [3.63, 3.8) is 0 Å². The van der Waals surface area contributed by atoms with E-state index < -0.39 is 0 Å². The summed E-state index contributed by atoms with van der Waals surface area (Å²) in [5.41, 5.74) is 2.37. The predicted molar refractivity (Wildman–Crippen MR) is 97.7 cm³/mol. The molecule has 0 saturated heterocycles. The van der Waals surface area contributed by atoms with Gasteiger partial charge in [-0.15, -0.1) is 0 Å². The second-order valence-corrected chi connectivity index (χ2v) is 6.01. The molecule has 0 saturated carbocycles. The molecule has 0 aliphatic carbocycles. The van der Waals surface area contributed by atoms with Gasteiger partial charge in [0.1, 0.15) is 6.61 Å². The highest BCUT2D eigenvalue weighted by atomic mass is 16.5. The second-order valence-electron chi connectivity index (χ2n) is 6.01. The van der Waals surface area contributed by atoms with Crippen LogP contribution in [-0.2, 0) is 22.6 Å². The molecule has 0 aliphatic heterocycles. The summed E-state index contributed by atoms with van der Waals surface area (Å²) in [6.45, 7) is 4.71. The van der Waals surface area contributed by atoms with Gasteiger partial charge >= 0.3 is 5.97 Å². The average Bonchev–Trinajstić information content (AvgIpc) is 2.62. The molecule has 0 unspecified atom stereocenters. The molecule has 2 rings (SSSR count). The highest BCUT2D eigenvalue weighted by molar-refractivity contribution is 5.71. The van der Waals surface area contributed by atoms with Gasteiger partial charge in [-0.3, -0.25) is 9.69 Å². The van der Waals surface area contributed by atoms with Crippen molar-refractivity contribution >= 4 is 5.97 Å². The Hall–Kier alpha value is -2.13. The number of hydrogen-bond donors (Lipinski definition) is 0. The zero-order chi connectivity index (χ0) is 17.0. The molecule has 0 aliphatic rings. The Labute approximate surface area is 145 Å². The second kappa shape index (κ2) is 10.6. The Morgan fingerprint density at radius 1 is 0.917 bits per heavy atom. The Balaban J connectivity index is 1.72. The van der Waals surface area contributed by atoms with Gasteiger partial charge in [0.15, 0.2) is 0 Å². The summed E-state index contributed by atoms with van der Waals surface area (Å²) in [6.07, 6.45) is 3.13. The summed E-state index contributed by atoms with van der Waals surface area (Å²) >= 11 is 0. The van der Waals surface area contributed by atoms with Crippen LogP contribution in [0.5, 0.6) is 0 Å². The number of rotatable bonds is 10. The van der Waals surface area contributed by atoms with Crippen LogP contribution < -0.4 is 0 Å². The van der Waals surface area contributed by atoms with E-state index in [9.17, 15) is 4.79 Å². The zero-order valence-corrected chi connectivity index (χ0v) is 14.5.